The lowest BCUT2D eigenvalue weighted by Crippen LogP contribution is -2.12. The number of benzene rings is 1. The number of methoxy groups -OCH3 is 1. The Bertz CT molecular complexity index is 924. The smallest absolute Gasteiger partial charge is 0.206 e. The van der Waals surface area contributed by atoms with Crippen LogP contribution in [0.1, 0.15) is 5.56 Å². The van der Waals surface area contributed by atoms with E-state index < -0.39 is 0 Å². The van der Waals surface area contributed by atoms with Gasteiger partial charge in [-0.2, -0.15) is 5.10 Å². The molecule has 2 heterocycles. The molecule has 0 saturated heterocycles. The summed E-state index contributed by atoms with van der Waals surface area (Å²) >= 11 is 1.55. The highest BCUT2D eigenvalue weighted by molar-refractivity contribution is 7.07. The van der Waals surface area contributed by atoms with Crippen molar-refractivity contribution in [3.63, 3.8) is 0 Å². The molecule has 3 rings (SSSR count). The van der Waals surface area contributed by atoms with Crippen molar-refractivity contribution in [2.24, 2.45) is 10.1 Å². The second-order valence-electron chi connectivity index (χ2n) is 5.10. The molecule has 0 atom stereocenters. The second kappa shape index (κ2) is 8.21. The summed E-state index contributed by atoms with van der Waals surface area (Å²) in [4.78, 5) is 9.37. The molecule has 5 nitrogen and oxygen atoms in total. The summed E-state index contributed by atoms with van der Waals surface area (Å²) in [5.41, 5.74) is 2.99. The number of hydrogen-bond acceptors (Lipinski definition) is 5. The largest absolute Gasteiger partial charge is 0.497 e. The van der Waals surface area contributed by atoms with Crippen molar-refractivity contribution in [3.05, 3.63) is 77.2 Å². The fraction of sp³-hybridized carbons (Fsp3) is 0.105. The van der Waals surface area contributed by atoms with Crippen LogP contribution >= 0.6 is 11.3 Å². The van der Waals surface area contributed by atoms with Gasteiger partial charge in [-0.25, -0.2) is 4.68 Å². The molecule has 0 bridgehead atoms. The Labute approximate surface area is 150 Å². The molecule has 0 radical (unpaired) electrons. The molecule has 3 aromatic rings. The summed E-state index contributed by atoms with van der Waals surface area (Å²) in [6.45, 7) is 4.27. The highest BCUT2D eigenvalue weighted by Crippen LogP contribution is 2.23. The normalized spacial score (nSPS) is 11.8. The van der Waals surface area contributed by atoms with Crippen molar-refractivity contribution in [2.75, 3.05) is 13.7 Å². The summed E-state index contributed by atoms with van der Waals surface area (Å²) in [5.74, 6) is 0.822. The zero-order valence-electron chi connectivity index (χ0n) is 13.9. The first-order chi connectivity index (χ1) is 12.3. The third-order valence-corrected chi connectivity index (χ3v) is 4.31. The number of ether oxygens (including phenoxy) is 1. The first kappa shape index (κ1) is 16.9. The van der Waals surface area contributed by atoms with Crippen molar-refractivity contribution < 1.29 is 4.74 Å². The molecule has 0 fully saturated rings. The second-order valence-corrected chi connectivity index (χ2v) is 5.93. The van der Waals surface area contributed by atoms with Gasteiger partial charge in [0, 0.05) is 23.3 Å². The van der Waals surface area contributed by atoms with Crippen molar-refractivity contribution in [1.29, 1.82) is 0 Å². The van der Waals surface area contributed by atoms with E-state index in [1.54, 1.807) is 43.1 Å². The average Bonchev–Trinajstić information content (AvgIpc) is 3.08. The molecule has 0 aliphatic carbocycles. The Balaban J connectivity index is 2.04. The summed E-state index contributed by atoms with van der Waals surface area (Å²) < 4.78 is 7.07. The minimum absolute atomic E-state index is 0.549. The highest BCUT2D eigenvalue weighted by Gasteiger charge is 2.07. The van der Waals surface area contributed by atoms with Crippen LogP contribution in [-0.2, 0) is 0 Å². The number of rotatable bonds is 6. The van der Waals surface area contributed by atoms with Crippen LogP contribution in [-0.4, -0.2) is 29.5 Å². The van der Waals surface area contributed by atoms with Crippen LogP contribution in [0.15, 0.2) is 76.9 Å². The van der Waals surface area contributed by atoms with E-state index in [4.69, 9.17) is 4.74 Å². The number of nitrogens with zero attached hydrogens (tertiary/aromatic N) is 4. The molecule has 2 aromatic heterocycles. The summed E-state index contributed by atoms with van der Waals surface area (Å²) in [5, 5.41) is 6.67. The Morgan fingerprint density at radius 3 is 2.64 bits per heavy atom. The molecule has 0 N–H and O–H groups in total. The van der Waals surface area contributed by atoms with Crippen LogP contribution in [0.2, 0.25) is 0 Å². The van der Waals surface area contributed by atoms with Crippen LogP contribution < -0.4 is 9.54 Å². The summed E-state index contributed by atoms with van der Waals surface area (Å²) in [6.07, 6.45) is 7.05. The minimum Gasteiger partial charge on any atom is -0.497 e. The summed E-state index contributed by atoms with van der Waals surface area (Å²) in [6, 6.07) is 11.7. The molecule has 0 saturated carbocycles. The van der Waals surface area contributed by atoms with Crippen LogP contribution in [0.3, 0.4) is 0 Å². The van der Waals surface area contributed by atoms with Crippen LogP contribution in [0.25, 0.3) is 11.3 Å². The highest BCUT2D eigenvalue weighted by atomic mass is 32.1. The van der Waals surface area contributed by atoms with E-state index in [0.29, 0.717) is 6.54 Å². The molecular weight excluding hydrogens is 332 g/mol. The predicted molar refractivity (Wildman–Crippen MR) is 102 cm³/mol. The van der Waals surface area contributed by atoms with Gasteiger partial charge in [0.15, 0.2) is 0 Å². The zero-order chi connectivity index (χ0) is 17.5. The maximum atomic E-state index is 5.23. The van der Waals surface area contributed by atoms with Crippen molar-refractivity contribution >= 4 is 17.6 Å². The van der Waals surface area contributed by atoms with Crippen LogP contribution in [0, 0.1) is 0 Å². The lowest BCUT2D eigenvalue weighted by atomic mass is 10.2. The van der Waals surface area contributed by atoms with Crippen molar-refractivity contribution in [2.45, 2.75) is 0 Å². The minimum atomic E-state index is 0.549. The van der Waals surface area contributed by atoms with Gasteiger partial charge < -0.3 is 4.74 Å². The number of aromatic nitrogens is 2. The zero-order valence-corrected chi connectivity index (χ0v) is 14.7. The third-order valence-electron chi connectivity index (χ3n) is 3.46. The maximum Gasteiger partial charge on any atom is 0.206 e. The molecule has 6 heteroatoms. The quantitative estimate of drug-likeness (QED) is 0.504. The SMILES string of the molecule is C=CCN=c1scc(-c2ccc(OC)cc2)n1N=Cc1ccncc1. The van der Waals surface area contributed by atoms with E-state index in [1.165, 1.54) is 0 Å². The van der Waals surface area contributed by atoms with Gasteiger partial charge >= 0.3 is 0 Å². The Kier molecular flexibility index (Phi) is 5.53. The maximum absolute atomic E-state index is 5.23. The first-order valence-electron chi connectivity index (χ1n) is 7.72. The standard InChI is InChI=1S/C19H18N4OS/c1-3-10-21-19-23(22-13-15-8-11-20-12-9-15)18(14-25-19)16-4-6-17(24-2)7-5-16/h3-9,11-14H,1,10H2,2H3. The van der Waals surface area contributed by atoms with E-state index in [1.807, 2.05) is 46.5 Å². The van der Waals surface area contributed by atoms with Crippen LogP contribution in [0.4, 0.5) is 0 Å². The Morgan fingerprint density at radius 2 is 1.96 bits per heavy atom. The summed E-state index contributed by atoms with van der Waals surface area (Å²) in [7, 11) is 1.66. The van der Waals surface area contributed by atoms with Crippen molar-refractivity contribution in [1.82, 2.24) is 9.66 Å². The first-order valence-corrected chi connectivity index (χ1v) is 8.60. The van der Waals surface area contributed by atoms with Gasteiger partial charge in [-0.1, -0.05) is 6.08 Å². The molecule has 126 valence electrons. The van der Waals surface area contributed by atoms with Crippen molar-refractivity contribution in [3.8, 4) is 17.0 Å². The number of thiazole rings is 1. The third kappa shape index (κ3) is 4.10. The van der Waals surface area contributed by atoms with Gasteiger partial charge in [0.1, 0.15) is 5.75 Å². The van der Waals surface area contributed by atoms with E-state index >= 15 is 0 Å². The van der Waals surface area contributed by atoms with E-state index in [9.17, 15) is 0 Å². The Morgan fingerprint density at radius 1 is 1.20 bits per heavy atom. The molecule has 0 aliphatic heterocycles. The lowest BCUT2D eigenvalue weighted by Gasteiger charge is -2.05. The Hall–Kier alpha value is -2.99. The number of pyridine rings is 1. The molecule has 0 aliphatic rings. The van der Waals surface area contributed by atoms with E-state index in [-0.39, 0.29) is 0 Å². The van der Waals surface area contributed by atoms with Gasteiger partial charge in [-0.3, -0.25) is 9.98 Å². The fourth-order valence-corrected chi connectivity index (χ4v) is 3.04. The topological polar surface area (TPSA) is 51.8 Å². The number of hydrogen-bond donors (Lipinski definition) is 0. The molecule has 0 amide bonds. The monoisotopic (exact) mass is 350 g/mol. The molecule has 1 aromatic carbocycles. The van der Waals surface area contributed by atoms with E-state index in [0.717, 1.165) is 27.4 Å². The predicted octanol–water partition coefficient (Wildman–Crippen LogP) is 3.59. The van der Waals surface area contributed by atoms with Gasteiger partial charge in [0.05, 0.1) is 25.6 Å². The average molecular weight is 350 g/mol. The van der Waals surface area contributed by atoms with E-state index in [2.05, 4.69) is 21.7 Å². The molecular formula is C19H18N4OS. The fourth-order valence-electron chi connectivity index (χ4n) is 2.20. The van der Waals surface area contributed by atoms with Crippen LogP contribution in [0.5, 0.6) is 5.75 Å². The van der Waals surface area contributed by atoms with Gasteiger partial charge in [-0.15, -0.1) is 17.9 Å². The van der Waals surface area contributed by atoms with Gasteiger partial charge in [0.2, 0.25) is 4.80 Å². The molecule has 25 heavy (non-hydrogen) atoms. The van der Waals surface area contributed by atoms with Gasteiger partial charge in [0.25, 0.3) is 0 Å². The lowest BCUT2D eigenvalue weighted by molar-refractivity contribution is 0.415. The van der Waals surface area contributed by atoms with Gasteiger partial charge in [-0.05, 0) is 42.0 Å². The molecule has 0 spiro atoms. The molecule has 0 unspecified atom stereocenters.